The van der Waals surface area contributed by atoms with E-state index >= 15 is 0 Å². The lowest BCUT2D eigenvalue weighted by atomic mass is 9.97. The summed E-state index contributed by atoms with van der Waals surface area (Å²) in [5.74, 6) is 0.712. The molecule has 0 unspecified atom stereocenters. The highest BCUT2D eigenvalue weighted by atomic mass is 19.1. The van der Waals surface area contributed by atoms with E-state index in [-0.39, 0.29) is 11.4 Å². The monoisotopic (exact) mass is 345 g/mol. The second-order valence-electron chi connectivity index (χ2n) is 6.11. The van der Waals surface area contributed by atoms with E-state index < -0.39 is 0 Å². The summed E-state index contributed by atoms with van der Waals surface area (Å²) in [7, 11) is 0. The first-order chi connectivity index (χ1) is 12.6. The molecule has 0 aliphatic carbocycles. The minimum absolute atomic E-state index is 0.179. The number of aromatic nitrogens is 1. The normalized spacial score (nSPS) is 10.8. The van der Waals surface area contributed by atoms with E-state index in [1.165, 1.54) is 12.1 Å². The lowest BCUT2D eigenvalue weighted by Gasteiger charge is -2.11. The largest absolute Gasteiger partial charge is 0.457 e. The standard InChI is InChI=1S/C22H16FNO2/c1-14-4-2-3-5-18(14)21-13-24-22(25)20-12-17(10-11-19(20)21)26-16-8-6-15(23)7-9-16/h2-13H,1H3,(H,24,25). The maximum absolute atomic E-state index is 13.0. The molecule has 0 radical (unpaired) electrons. The van der Waals surface area contributed by atoms with Gasteiger partial charge in [0.25, 0.3) is 5.56 Å². The lowest BCUT2D eigenvalue weighted by molar-refractivity contribution is 0.481. The summed E-state index contributed by atoms with van der Waals surface area (Å²) in [5.41, 5.74) is 2.99. The molecule has 3 nitrogen and oxygen atoms in total. The Morgan fingerprint density at radius 1 is 0.846 bits per heavy atom. The molecule has 4 rings (SSSR count). The Morgan fingerprint density at radius 3 is 2.35 bits per heavy atom. The average molecular weight is 345 g/mol. The maximum atomic E-state index is 13.0. The third-order valence-corrected chi connectivity index (χ3v) is 4.36. The van der Waals surface area contributed by atoms with Gasteiger partial charge in [-0.2, -0.15) is 0 Å². The number of aromatic amines is 1. The van der Waals surface area contributed by atoms with Crippen LogP contribution < -0.4 is 10.3 Å². The predicted molar refractivity (Wildman–Crippen MR) is 101 cm³/mol. The molecule has 0 aliphatic heterocycles. The van der Waals surface area contributed by atoms with Gasteiger partial charge in [-0.15, -0.1) is 0 Å². The Morgan fingerprint density at radius 2 is 1.58 bits per heavy atom. The summed E-state index contributed by atoms with van der Waals surface area (Å²) in [6, 6.07) is 19.2. The van der Waals surface area contributed by atoms with Crippen LogP contribution in [0.2, 0.25) is 0 Å². The van der Waals surface area contributed by atoms with E-state index in [1.807, 2.05) is 43.3 Å². The molecule has 3 aromatic carbocycles. The maximum Gasteiger partial charge on any atom is 0.255 e. The first-order valence-corrected chi connectivity index (χ1v) is 8.27. The smallest absolute Gasteiger partial charge is 0.255 e. The van der Waals surface area contributed by atoms with Crippen molar-refractivity contribution >= 4 is 10.8 Å². The van der Waals surface area contributed by atoms with Crippen LogP contribution >= 0.6 is 0 Å². The molecule has 0 spiro atoms. The average Bonchev–Trinajstić information content (AvgIpc) is 2.65. The van der Waals surface area contributed by atoms with Crippen molar-refractivity contribution < 1.29 is 9.13 Å². The Balaban J connectivity index is 1.81. The first kappa shape index (κ1) is 16.1. The van der Waals surface area contributed by atoms with Gasteiger partial charge >= 0.3 is 0 Å². The van der Waals surface area contributed by atoms with E-state index in [0.29, 0.717) is 16.9 Å². The highest BCUT2D eigenvalue weighted by molar-refractivity contribution is 5.97. The number of rotatable bonds is 3. The summed E-state index contributed by atoms with van der Waals surface area (Å²) >= 11 is 0. The lowest BCUT2D eigenvalue weighted by Crippen LogP contribution is -2.06. The first-order valence-electron chi connectivity index (χ1n) is 8.27. The highest BCUT2D eigenvalue weighted by Crippen LogP contribution is 2.31. The Kier molecular flexibility index (Phi) is 4.01. The van der Waals surface area contributed by atoms with Gasteiger partial charge in [-0.25, -0.2) is 4.39 Å². The van der Waals surface area contributed by atoms with Crippen molar-refractivity contribution in [3.8, 4) is 22.6 Å². The summed E-state index contributed by atoms with van der Waals surface area (Å²) in [6.07, 6.45) is 1.74. The van der Waals surface area contributed by atoms with Crippen LogP contribution in [0.15, 0.2) is 77.7 Å². The number of ether oxygens (including phenoxy) is 1. The van der Waals surface area contributed by atoms with Crippen molar-refractivity contribution in [1.29, 1.82) is 0 Å². The summed E-state index contributed by atoms with van der Waals surface area (Å²) in [5, 5.41) is 1.40. The zero-order chi connectivity index (χ0) is 18.1. The molecule has 4 aromatic rings. The number of H-pyrrole nitrogens is 1. The molecule has 0 amide bonds. The van der Waals surface area contributed by atoms with Gasteiger partial charge in [-0.3, -0.25) is 4.79 Å². The predicted octanol–water partition coefficient (Wildman–Crippen LogP) is 5.43. The van der Waals surface area contributed by atoms with Crippen molar-refractivity contribution in [3.05, 3.63) is 94.7 Å². The van der Waals surface area contributed by atoms with Crippen LogP contribution in [-0.4, -0.2) is 4.98 Å². The fourth-order valence-electron chi connectivity index (χ4n) is 3.04. The van der Waals surface area contributed by atoms with Crippen LogP contribution in [0.3, 0.4) is 0 Å². The number of nitrogens with one attached hydrogen (secondary N) is 1. The topological polar surface area (TPSA) is 42.1 Å². The van der Waals surface area contributed by atoms with Gasteiger partial charge in [0, 0.05) is 11.8 Å². The van der Waals surface area contributed by atoms with Crippen molar-refractivity contribution in [2.24, 2.45) is 0 Å². The van der Waals surface area contributed by atoms with Crippen LogP contribution in [0.25, 0.3) is 21.9 Å². The number of aryl methyl sites for hydroxylation is 1. The molecule has 0 fully saturated rings. The van der Waals surface area contributed by atoms with E-state index in [9.17, 15) is 9.18 Å². The van der Waals surface area contributed by atoms with Gasteiger partial charge in [-0.1, -0.05) is 24.3 Å². The van der Waals surface area contributed by atoms with E-state index in [2.05, 4.69) is 4.98 Å². The highest BCUT2D eigenvalue weighted by Gasteiger charge is 2.10. The number of fused-ring (bicyclic) bond motifs is 1. The molecule has 0 bridgehead atoms. The number of hydrogen-bond acceptors (Lipinski definition) is 2. The van der Waals surface area contributed by atoms with E-state index in [1.54, 1.807) is 24.4 Å². The molecule has 128 valence electrons. The SMILES string of the molecule is Cc1ccccc1-c1c[nH]c(=O)c2cc(Oc3ccc(F)cc3)ccc12. The molecule has 4 heteroatoms. The van der Waals surface area contributed by atoms with Crippen LogP contribution in [0, 0.1) is 12.7 Å². The molecule has 0 atom stereocenters. The minimum atomic E-state index is -0.324. The van der Waals surface area contributed by atoms with E-state index in [4.69, 9.17) is 4.74 Å². The molecule has 0 saturated carbocycles. The van der Waals surface area contributed by atoms with Crippen molar-refractivity contribution in [1.82, 2.24) is 4.98 Å². The molecule has 0 aliphatic rings. The van der Waals surface area contributed by atoms with Gasteiger partial charge in [0.05, 0.1) is 5.39 Å². The third-order valence-electron chi connectivity index (χ3n) is 4.36. The fraction of sp³-hybridized carbons (Fsp3) is 0.0455. The Hall–Kier alpha value is -3.40. The molecule has 26 heavy (non-hydrogen) atoms. The van der Waals surface area contributed by atoms with Gasteiger partial charge in [0.1, 0.15) is 17.3 Å². The van der Waals surface area contributed by atoms with Crippen LogP contribution in [0.1, 0.15) is 5.56 Å². The zero-order valence-electron chi connectivity index (χ0n) is 14.1. The number of pyridine rings is 1. The second-order valence-corrected chi connectivity index (χ2v) is 6.11. The summed E-state index contributed by atoms with van der Waals surface area (Å²) in [6.45, 7) is 2.04. The van der Waals surface area contributed by atoms with Gasteiger partial charge in [0.15, 0.2) is 0 Å². The molecule has 1 aromatic heterocycles. The fourth-order valence-corrected chi connectivity index (χ4v) is 3.04. The number of hydrogen-bond donors (Lipinski definition) is 1. The summed E-state index contributed by atoms with van der Waals surface area (Å²) < 4.78 is 18.8. The minimum Gasteiger partial charge on any atom is -0.457 e. The quantitative estimate of drug-likeness (QED) is 0.537. The van der Waals surface area contributed by atoms with Crippen molar-refractivity contribution in [3.63, 3.8) is 0 Å². The third kappa shape index (κ3) is 2.97. The molecule has 1 heterocycles. The molecular formula is C22H16FNO2. The van der Waals surface area contributed by atoms with Crippen molar-refractivity contribution in [2.75, 3.05) is 0 Å². The van der Waals surface area contributed by atoms with E-state index in [0.717, 1.165) is 22.1 Å². The Labute approximate surface area is 149 Å². The van der Waals surface area contributed by atoms with Gasteiger partial charge in [0.2, 0.25) is 0 Å². The number of halogens is 1. The zero-order valence-corrected chi connectivity index (χ0v) is 14.1. The van der Waals surface area contributed by atoms with Gasteiger partial charge < -0.3 is 9.72 Å². The van der Waals surface area contributed by atoms with Gasteiger partial charge in [-0.05, 0) is 65.9 Å². The Bertz CT molecular complexity index is 1150. The second kappa shape index (κ2) is 6.48. The summed E-state index contributed by atoms with van der Waals surface area (Å²) in [4.78, 5) is 15.1. The molecule has 1 N–H and O–H groups in total. The number of benzene rings is 3. The molecular weight excluding hydrogens is 329 g/mol. The van der Waals surface area contributed by atoms with Crippen molar-refractivity contribution in [2.45, 2.75) is 6.92 Å². The van der Waals surface area contributed by atoms with Crippen LogP contribution in [0.4, 0.5) is 4.39 Å². The molecule has 0 saturated heterocycles. The van der Waals surface area contributed by atoms with Crippen LogP contribution in [-0.2, 0) is 0 Å². The van der Waals surface area contributed by atoms with Crippen LogP contribution in [0.5, 0.6) is 11.5 Å².